The molecule has 0 spiro atoms. The first-order chi connectivity index (χ1) is 13.9. The summed E-state index contributed by atoms with van der Waals surface area (Å²) in [6.07, 6.45) is 0. The van der Waals surface area contributed by atoms with E-state index in [4.69, 9.17) is 0 Å². The minimum absolute atomic E-state index is 0.0499. The van der Waals surface area contributed by atoms with Gasteiger partial charge in [-0.1, -0.05) is 19.1 Å². The third-order valence-corrected chi connectivity index (χ3v) is 7.89. The van der Waals surface area contributed by atoms with Crippen LogP contribution in [0.1, 0.15) is 19.4 Å². The lowest BCUT2D eigenvalue weighted by molar-refractivity contribution is -0.138. The average molecular weight is 420 g/mol. The number of hydrogen-bond donors (Lipinski definition) is 0. The van der Waals surface area contributed by atoms with Gasteiger partial charge in [0.05, 0.1) is 16.5 Å². The number of carbonyl (C=O) groups excluding carboxylic acids is 1. The molecule has 1 atom stereocenters. The lowest BCUT2D eigenvalue weighted by Crippen LogP contribution is -2.57. The first kappa shape index (κ1) is 21.7. The summed E-state index contributed by atoms with van der Waals surface area (Å²) in [7, 11) is -3.72. The second kappa shape index (κ2) is 9.22. The van der Waals surface area contributed by atoms with Crippen LogP contribution in [0.5, 0.6) is 0 Å². The van der Waals surface area contributed by atoms with Crippen molar-refractivity contribution >= 4 is 15.9 Å². The minimum atomic E-state index is -3.72. The highest BCUT2D eigenvalue weighted by Gasteiger charge is 2.34. The summed E-state index contributed by atoms with van der Waals surface area (Å²) in [6.45, 7) is 9.94. The molecule has 1 unspecified atom stereocenters. The molecular weight excluding hydrogens is 390 g/mol. The number of piperazine rings is 2. The van der Waals surface area contributed by atoms with Crippen LogP contribution >= 0.6 is 0 Å². The number of nitriles is 1. The van der Waals surface area contributed by atoms with Gasteiger partial charge >= 0.3 is 0 Å². The molecule has 0 radical (unpaired) electrons. The topological polar surface area (TPSA) is 88.0 Å². The van der Waals surface area contributed by atoms with Gasteiger partial charge in [-0.3, -0.25) is 9.69 Å². The molecule has 0 saturated carbocycles. The number of hydrogen-bond acceptors (Lipinski definition) is 6. The second-order valence-electron chi connectivity index (χ2n) is 7.48. The van der Waals surface area contributed by atoms with Crippen LogP contribution in [0.25, 0.3) is 0 Å². The Labute approximate surface area is 173 Å². The molecule has 9 heteroatoms. The van der Waals surface area contributed by atoms with E-state index in [0.717, 1.165) is 32.7 Å². The van der Waals surface area contributed by atoms with Gasteiger partial charge in [0.15, 0.2) is 0 Å². The monoisotopic (exact) mass is 419 g/mol. The molecule has 2 aliphatic rings. The lowest BCUT2D eigenvalue weighted by atomic mass is 10.2. The van der Waals surface area contributed by atoms with E-state index in [1.54, 1.807) is 12.1 Å². The van der Waals surface area contributed by atoms with Crippen molar-refractivity contribution in [1.29, 1.82) is 5.26 Å². The third-order valence-electron chi connectivity index (χ3n) is 5.93. The number of benzene rings is 1. The molecule has 2 fully saturated rings. The summed E-state index contributed by atoms with van der Waals surface area (Å²) >= 11 is 0. The fourth-order valence-electron chi connectivity index (χ4n) is 3.96. The normalized spacial score (nSPS) is 20.9. The zero-order chi connectivity index (χ0) is 21.0. The van der Waals surface area contributed by atoms with Crippen molar-refractivity contribution < 1.29 is 13.2 Å². The molecule has 8 nitrogen and oxygen atoms in total. The highest BCUT2D eigenvalue weighted by Crippen LogP contribution is 2.22. The molecule has 0 bridgehead atoms. The Bertz CT molecular complexity index is 866. The maximum atomic E-state index is 13.0. The zero-order valence-electron chi connectivity index (χ0n) is 17.1. The summed E-state index contributed by atoms with van der Waals surface area (Å²) in [5.41, 5.74) is 0.157. The molecule has 1 aromatic carbocycles. The van der Waals surface area contributed by atoms with Gasteiger partial charge in [0, 0.05) is 52.4 Å². The van der Waals surface area contributed by atoms with Gasteiger partial charge in [-0.25, -0.2) is 8.42 Å². The predicted octanol–water partition coefficient (Wildman–Crippen LogP) is 0.417. The fraction of sp³-hybridized carbons (Fsp3) is 0.600. The van der Waals surface area contributed by atoms with Crippen LogP contribution in [0, 0.1) is 11.3 Å². The van der Waals surface area contributed by atoms with Gasteiger partial charge in [-0.05, 0) is 25.6 Å². The van der Waals surface area contributed by atoms with Crippen molar-refractivity contribution in [2.24, 2.45) is 0 Å². The Morgan fingerprint density at radius 1 is 1.07 bits per heavy atom. The van der Waals surface area contributed by atoms with Crippen LogP contribution in [0.3, 0.4) is 0 Å². The molecule has 29 heavy (non-hydrogen) atoms. The molecule has 2 heterocycles. The van der Waals surface area contributed by atoms with Crippen LogP contribution in [-0.4, -0.2) is 98.3 Å². The highest BCUT2D eigenvalue weighted by molar-refractivity contribution is 7.89. The van der Waals surface area contributed by atoms with E-state index in [2.05, 4.69) is 16.7 Å². The Hall–Kier alpha value is -1.99. The SMILES string of the molecule is CCN1CCN(C(=O)C(C)N2CCN(S(=O)(=O)c3ccccc3C#N)CC2)CC1. The van der Waals surface area contributed by atoms with Gasteiger partial charge in [0.25, 0.3) is 0 Å². The van der Waals surface area contributed by atoms with E-state index in [1.807, 2.05) is 17.9 Å². The molecule has 0 aliphatic carbocycles. The number of rotatable bonds is 5. The summed E-state index contributed by atoms with van der Waals surface area (Å²) < 4.78 is 27.3. The van der Waals surface area contributed by atoms with Gasteiger partial charge in [0.1, 0.15) is 6.07 Å². The third kappa shape index (κ3) is 4.61. The Kier molecular flexibility index (Phi) is 6.90. The van der Waals surface area contributed by atoms with Crippen LogP contribution in [-0.2, 0) is 14.8 Å². The highest BCUT2D eigenvalue weighted by atomic mass is 32.2. The van der Waals surface area contributed by atoms with Crippen LogP contribution in [0.2, 0.25) is 0 Å². The molecule has 1 amide bonds. The van der Waals surface area contributed by atoms with Gasteiger partial charge in [-0.15, -0.1) is 0 Å². The Balaban J connectivity index is 1.60. The van der Waals surface area contributed by atoms with Gasteiger partial charge < -0.3 is 9.80 Å². The Morgan fingerprint density at radius 2 is 1.69 bits per heavy atom. The van der Waals surface area contributed by atoms with E-state index in [9.17, 15) is 18.5 Å². The predicted molar refractivity (Wildman–Crippen MR) is 110 cm³/mol. The van der Waals surface area contributed by atoms with Crippen molar-refractivity contribution in [2.45, 2.75) is 24.8 Å². The van der Waals surface area contributed by atoms with Gasteiger partial charge in [0.2, 0.25) is 15.9 Å². The molecule has 2 aliphatic heterocycles. The number of nitrogens with zero attached hydrogens (tertiary/aromatic N) is 5. The van der Waals surface area contributed by atoms with Crippen molar-refractivity contribution in [3.05, 3.63) is 29.8 Å². The second-order valence-corrected chi connectivity index (χ2v) is 9.39. The quantitative estimate of drug-likeness (QED) is 0.687. The van der Waals surface area contributed by atoms with E-state index < -0.39 is 10.0 Å². The van der Waals surface area contributed by atoms with E-state index in [0.29, 0.717) is 26.2 Å². The zero-order valence-corrected chi connectivity index (χ0v) is 17.9. The van der Waals surface area contributed by atoms with Crippen molar-refractivity contribution in [1.82, 2.24) is 19.0 Å². The molecule has 2 saturated heterocycles. The van der Waals surface area contributed by atoms with Crippen LogP contribution in [0.15, 0.2) is 29.2 Å². The maximum absolute atomic E-state index is 13.0. The number of likely N-dealkylation sites (N-methyl/N-ethyl adjacent to an activating group) is 1. The van der Waals surface area contributed by atoms with E-state index in [1.165, 1.54) is 16.4 Å². The smallest absolute Gasteiger partial charge is 0.244 e. The number of sulfonamides is 1. The van der Waals surface area contributed by atoms with Crippen molar-refractivity contribution in [2.75, 3.05) is 58.9 Å². The number of carbonyl (C=O) groups is 1. The van der Waals surface area contributed by atoms with E-state index >= 15 is 0 Å². The largest absolute Gasteiger partial charge is 0.339 e. The lowest BCUT2D eigenvalue weighted by Gasteiger charge is -2.40. The van der Waals surface area contributed by atoms with Gasteiger partial charge in [-0.2, -0.15) is 9.57 Å². The number of amides is 1. The van der Waals surface area contributed by atoms with E-state index in [-0.39, 0.29) is 22.4 Å². The van der Waals surface area contributed by atoms with Crippen molar-refractivity contribution in [3.63, 3.8) is 0 Å². The molecular formula is C20H29N5O3S. The molecule has 1 aromatic rings. The summed E-state index contributed by atoms with van der Waals surface area (Å²) in [4.78, 5) is 19.2. The van der Waals surface area contributed by atoms with Crippen LogP contribution < -0.4 is 0 Å². The Morgan fingerprint density at radius 3 is 2.28 bits per heavy atom. The van der Waals surface area contributed by atoms with Crippen molar-refractivity contribution in [3.8, 4) is 6.07 Å². The first-order valence-electron chi connectivity index (χ1n) is 10.1. The van der Waals surface area contributed by atoms with Crippen LogP contribution in [0.4, 0.5) is 0 Å². The minimum Gasteiger partial charge on any atom is -0.339 e. The average Bonchev–Trinajstić information content (AvgIpc) is 2.78. The fourth-order valence-corrected chi connectivity index (χ4v) is 5.52. The molecule has 0 aromatic heterocycles. The maximum Gasteiger partial charge on any atom is 0.244 e. The molecule has 0 N–H and O–H groups in total. The summed E-state index contributed by atoms with van der Waals surface area (Å²) in [5.74, 6) is 0.117. The standard InChI is InChI=1S/C20H29N5O3S/c1-3-22-8-10-24(11-9-22)20(26)17(2)23-12-14-25(15-13-23)29(27,28)19-7-5-4-6-18(19)16-21/h4-7,17H,3,8-15H2,1-2H3. The summed E-state index contributed by atoms with van der Waals surface area (Å²) in [6, 6.07) is 7.97. The summed E-state index contributed by atoms with van der Waals surface area (Å²) in [5, 5.41) is 9.23. The molecule has 3 rings (SSSR count). The molecule has 158 valence electrons. The first-order valence-corrected chi connectivity index (χ1v) is 11.6.